The van der Waals surface area contributed by atoms with Gasteiger partial charge in [-0.3, -0.25) is 14.5 Å². The van der Waals surface area contributed by atoms with E-state index in [-0.39, 0.29) is 42.5 Å². The molecule has 0 aromatic carbocycles. The molecule has 8 heteroatoms. The van der Waals surface area contributed by atoms with E-state index in [4.69, 9.17) is 0 Å². The van der Waals surface area contributed by atoms with Crippen molar-refractivity contribution in [3.63, 3.8) is 0 Å². The second-order valence-corrected chi connectivity index (χ2v) is 7.54. The van der Waals surface area contributed by atoms with Gasteiger partial charge in [-0.2, -0.15) is 0 Å². The molecule has 0 aliphatic carbocycles. The van der Waals surface area contributed by atoms with Crippen molar-refractivity contribution in [3.8, 4) is 0 Å². The molecule has 0 radical (unpaired) electrons. The summed E-state index contributed by atoms with van der Waals surface area (Å²) in [6, 6.07) is 0.879. The summed E-state index contributed by atoms with van der Waals surface area (Å²) in [5.41, 5.74) is 0. The molecule has 3 fully saturated rings. The monoisotopic (exact) mass is 408 g/mol. The van der Waals surface area contributed by atoms with Crippen molar-refractivity contribution in [3.05, 3.63) is 0 Å². The van der Waals surface area contributed by atoms with Crippen LogP contribution in [0.5, 0.6) is 0 Å². The van der Waals surface area contributed by atoms with E-state index in [9.17, 15) is 9.59 Å². The smallest absolute Gasteiger partial charge is 0.228 e. The Morgan fingerprint density at radius 2 is 1.88 bits per heavy atom. The Labute approximate surface area is 169 Å². The van der Waals surface area contributed by atoms with E-state index in [1.165, 1.54) is 12.8 Å². The summed E-state index contributed by atoms with van der Waals surface area (Å²) in [5, 5.41) is 3.28. The SMILES string of the molecule is CCN1CCCC1CN1CC(C(=O)N2CCCC(NC)C2)CC1=O.Cl.Cl. The van der Waals surface area contributed by atoms with E-state index in [2.05, 4.69) is 17.1 Å². The van der Waals surface area contributed by atoms with Gasteiger partial charge in [0.15, 0.2) is 0 Å². The molecule has 0 bridgehead atoms. The van der Waals surface area contributed by atoms with Gasteiger partial charge in [-0.05, 0) is 45.8 Å². The van der Waals surface area contributed by atoms with Crippen molar-refractivity contribution in [2.45, 2.75) is 51.1 Å². The molecule has 3 aliphatic heterocycles. The normalized spacial score (nSPS) is 29.5. The highest BCUT2D eigenvalue weighted by Crippen LogP contribution is 2.25. The number of rotatable bonds is 5. The van der Waals surface area contributed by atoms with E-state index >= 15 is 0 Å². The molecule has 3 heterocycles. The minimum absolute atomic E-state index is 0. The van der Waals surface area contributed by atoms with Crippen LogP contribution in [-0.2, 0) is 9.59 Å². The lowest BCUT2D eigenvalue weighted by molar-refractivity contribution is -0.137. The highest BCUT2D eigenvalue weighted by molar-refractivity contribution is 5.89. The van der Waals surface area contributed by atoms with Crippen LogP contribution < -0.4 is 5.32 Å². The molecule has 152 valence electrons. The third-order valence-electron chi connectivity index (χ3n) is 6.04. The van der Waals surface area contributed by atoms with Crippen LogP contribution in [0.4, 0.5) is 0 Å². The van der Waals surface area contributed by atoms with Crippen LogP contribution in [0.25, 0.3) is 0 Å². The number of piperidine rings is 1. The average molecular weight is 409 g/mol. The first-order valence-corrected chi connectivity index (χ1v) is 9.60. The summed E-state index contributed by atoms with van der Waals surface area (Å²) in [4.78, 5) is 31.6. The predicted octanol–water partition coefficient (Wildman–Crippen LogP) is 1.37. The van der Waals surface area contributed by atoms with Crippen molar-refractivity contribution in [1.82, 2.24) is 20.0 Å². The Morgan fingerprint density at radius 1 is 1.15 bits per heavy atom. The van der Waals surface area contributed by atoms with Crippen LogP contribution in [0.1, 0.15) is 39.0 Å². The lowest BCUT2D eigenvalue weighted by atomic mass is 10.0. The first kappa shape index (κ1) is 23.5. The molecule has 2 amide bonds. The Balaban J connectivity index is 0.00000169. The second-order valence-electron chi connectivity index (χ2n) is 7.54. The van der Waals surface area contributed by atoms with Gasteiger partial charge in [0.2, 0.25) is 11.8 Å². The molecular weight excluding hydrogens is 375 g/mol. The molecule has 3 rings (SSSR count). The highest BCUT2D eigenvalue weighted by atomic mass is 35.5. The molecule has 0 aromatic rings. The number of carbonyl (C=O) groups is 2. The summed E-state index contributed by atoms with van der Waals surface area (Å²) in [7, 11) is 1.96. The van der Waals surface area contributed by atoms with E-state index in [1.807, 2.05) is 16.8 Å². The van der Waals surface area contributed by atoms with E-state index in [0.717, 1.165) is 45.6 Å². The largest absolute Gasteiger partial charge is 0.341 e. The van der Waals surface area contributed by atoms with Crippen LogP contribution in [0.3, 0.4) is 0 Å². The fourth-order valence-corrected chi connectivity index (χ4v) is 4.56. The van der Waals surface area contributed by atoms with Gasteiger partial charge in [-0.1, -0.05) is 6.92 Å². The quantitative estimate of drug-likeness (QED) is 0.746. The van der Waals surface area contributed by atoms with Gasteiger partial charge in [0.1, 0.15) is 0 Å². The van der Waals surface area contributed by atoms with Crippen LogP contribution in [0, 0.1) is 5.92 Å². The lowest BCUT2D eigenvalue weighted by Gasteiger charge is -2.34. The average Bonchev–Trinajstić information content (AvgIpc) is 3.21. The first-order valence-electron chi connectivity index (χ1n) is 9.60. The first-order chi connectivity index (χ1) is 11.6. The van der Waals surface area contributed by atoms with E-state index in [0.29, 0.717) is 25.0 Å². The lowest BCUT2D eigenvalue weighted by Crippen LogP contribution is -2.49. The Bertz CT molecular complexity index is 480. The maximum Gasteiger partial charge on any atom is 0.228 e. The summed E-state index contributed by atoms with van der Waals surface area (Å²) in [6.45, 7) is 7.42. The molecule has 3 unspecified atom stereocenters. The van der Waals surface area contributed by atoms with Gasteiger partial charge < -0.3 is 15.1 Å². The topological polar surface area (TPSA) is 55.9 Å². The predicted molar refractivity (Wildman–Crippen MR) is 108 cm³/mol. The third kappa shape index (κ3) is 5.24. The number of hydrogen-bond donors (Lipinski definition) is 1. The van der Waals surface area contributed by atoms with Gasteiger partial charge in [0.25, 0.3) is 0 Å². The van der Waals surface area contributed by atoms with Gasteiger partial charge >= 0.3 is 0 Å². The molecule has 1 N–H and O–H groups in total. The van der Waals surface area contributed by atoms with Crippen molar-refractivity contribution in [2.75, 3.05) is 46.3 Å². The van der Waals surface area contributed by atoms with Crippen LogP contribution in [0.2, 0.25) is 0 Å². The molecular formula is C18H34Cl2N4O2. The minimum Gasteiger partial charge on any atom is -0.341 e. The van der Waals surface area contributed by atoms with E-state index in [1.54, 1.807) is 0 Å². The van der Waals surface area contributed by atoms with Gasteiger partial charge in [0.05, 0.1) is 5.92 Å². The van der Waals surface area contributed by atoms with Crippen molar-refractivity contribution < 1.29 is 9.59 Å². The Morgan fingerprint density at radius 3 is 2.58 bits per heavy atom. The molecule has 0 saturated carbocycles. The highest BCUT2D eigenvalue weighted by Gasteiger charge is 2.39. The van der Waals surface area contributed by atoms with Crippen LogP contribution >= 0.6 is 24.8 Å². The number of halogens is 2. The number of nitrogens with zero attached hydrogens (tertiary/aromatic N) is 3. The minimum atomic E-state index is -0.135. The van der Waals surface area contributed by atoms with Crippen molar-refractivity contribution >= 4 is 36.6 Å². The summed E-state index contributed by atoms with van der Waals surface area (Å²) in [6.07, 6.45) is 4.98. The van der Waals surface area contributed by atoms with E-state index < -0.39 is 0 Å². The van der Waals surface area contributed by atoms with Crippen molar-refractivity contribution in [2.24, 2.45) is 5.92 Å². The van der Waals surface area contributed by atoms with Crippen molar-refractivity contribution in [1.29, 1.82) is 0 Å². The zero-order chi connectivity index (χ0) is 17.1. The van der Waals surface area contributed by atoms with Crippen LogP contribution in [0.15, 0.2) is 0 Å². The molecule has 3 saturated heterocycles. The maximum absolute atomic E-state index is 12.8. The summed E-state index contributed by atoms with van der Waals surface area (Å²) < 4.78 is 0. The summed E-state index contributed by atoms with van der Waals surface area (Å²) in [5.74, 6) is 0.215. The second kappa shape index (κ2) is 10.7. The third-order valence-corrected chi connectivity index (χ3v) is 6.04. The number of likely N-dealkylation sites (tertiary alicyclic amines) is 3. The zero-order valence-corrected chi connectivity index (χ0v) is 17.6. The fraction of sp³-hybridized carbons (Fsp3) is 0.889. The molecule has 0 spiro atoms. The number of nitrogens with one attached hydrogen (secondary N) is 1. The van der Waals surface area contributed by atoms with Gasteiger partial charge in [-0.25, -0.2) is 0 Å². The standard InChI is InChI=1S/C18H32N4O2.2ClH/c1-3-20-8-5-7-16(20)13-22-11-14(10-17(22)23)18(24)21-9-4-6-15(12-21)19-2;;/h14-16,19H,3-13H2,1-2H3;2*1H. The Hall–Kier alpha value is -0.560. The summed E-state index contributed by atoms with van der Waals surface area (Å²) >= 11 is 0. The van der Waals surface area contributed by atoms with Gasteiger partial charge in [-0.15, -0.1) is 24.8 Å². The molecule has 0 aromatic heterocycles. The zero-order valence-electron chi connectivity index (χ0n) is 16.0. The fourth-order valence-electron chi connectivity index (χ4n) is 4.56. The molecule has 3 atom stereocenters. The number of amides is 2. The number of carbonyl (C=O) groups excluding carboxylic acids is 2. The van der Waals surface area contributed by atoms with Crippen LogP contribution in [-0.4, -0.2) is 84.9 Å². The number of hydrogen-bond acceptors (Lipinski definition) is 4. The molecule has 6 nitrogen and oxygen atoms in total. The number of likely N-dealkylation sites (N-methyl/N-ethyl adjacent to an activating group) is 2. The molecule has 26 heavy (non-hydrogen) atoms. The van der Waals surface area contributed by atoms with Gasteiger partial charge in [0, 0.05) is 44.7 Å². The Kier molecular flexibility index (Phi) is 9.65. The molecule has 3 aliphatic rings. The maximum atomic E-state index is 12.8.